The number of rotatable bonds is 7. The molecule has 8 rings (SSSR count). The Morgan fingerprint density at radius 2 is 1.94 bits per heavy atom. The largest absolute Gasteiger partial charge is 0.389 e. The predicted octanol–water partition coefficient (Wildman–Crippen LogP) is 5.57. The van der Waals surface area contributed by atoms with Crippen LogP contribution < -0.4 is 16.4 Å². The second-order valence-corrected chi connectivity index (χ2v) is 14.9. The van der Waals surface area contributed by atoms with Gasteiger partial charge < -0.3 is 25.8 Å². The summed E-state index contributed by atoms with van der Waals surface area (Å²) in [6.45, 7) is 8.09. The molecule has 5 aromatic rings. The fourth-order valence-corrected chi connectivity index (χ4v) is 10.1. The van der Waals surface area contributed by atoms with Gasteiger partial charge in [0.1, 0.15) is 28.4 Å². The van der Waals surface area contributed by atoms with Crippen molar-refractivity contribution >= 4 is 39.0 Å². The van der Waals surface area contributed by atoms with Crippen LogP contribution in [0.3, 0.4) is 0 Å². The fraction of sp³-hybridized carbons (Fsp3) is 0.514. The third-order valence-electron chi connectivity index (χ3n) is 11.3. The first-order valence-electron chi connectivity index (χ1n) is 17.4. The number of aryl methyl sites for hydroxylation is 1. The quantitative estimate of drug-likeness (QED) is 0.219. The van der Waals surface area contributed by atoms with Crippen LogP contribution in [0.4, 0.5) is 16.6 Å². The minimum absolute atomic E-state index is 0.0901. The number of nitriles is 1. The van der Waals surface area contributed by atoms with E-state index in [2.05, 4.69) is 58.3 Å². The van der Waals surface area contributed by atoms with Gasteiger partial charge in [-0.1, -0.05) is 5.16 Å². The Morgan fingerprint density at radius 1 is 1.14 bits per heavy atom. The lowest BCUT2D eigenvalue weighted by Gasteiger charge is -2.39. The highest BCUT2D eigenvalue weighted by atomic mass is 32.1. The summed E-state index contributed by atoms with van der Waals surface area (Å²) >= 11 is 1.54. The van der Waals surface area contributed by atoms with Gasteiger partial charge in [0, 0.05) is 35.4 Å². The molecule has 6 heterocycles. The van der Waals surface area contributed by atoms with E-state index in [1.807, 2.05) is 6.20 Å². The van der Waals surface area contributed by atoms with E-state index in [0.29, 0.717) is 46.2 Å². The van der Waals surface area contributed by atoms with Gasteiger partial charge in [0.15, 0.2) is 22.9 Å². The zero-order valence-electron chi connectivity index (χ0n) is 28.5. The van der Waals surface area contributed by atoms with Gasteiger partial charge in [-0.05, 0) is 91.3 Å². The number of hydrogen-bond donors (Lipinski definition) is 2. The number of hydrogen-bond acceptors (Lipinski definition) is 13. The van der Waals surface area contributed by atoms with Crippen molar-refractivity contribution in [1.82, 2.24) is 39.8 Å². The molecule has 254 valence electrons. The highest BCUT2D eigenvalue weighted by Gasteiger charge is 2.49. The molecular formula is C35H42N12OS. The van der Waals surface area contributed by atoms with E-state index in [0.717, 1.165) is 91.6 Å². The molecule has 5 aromatic heterocycles. The number of likely N-dealkylation sites (tertiary alicyclic amines) is 1. The molecule has 0 radical (unpaired) electrons. The van der Waals surface area contributed by atoms with Gasteiger partial charge in [0.05, 0.1) is 34.6 Å². The number of thiophene rings is 1. The van der Waals surface area contributed by atoms with Gasteiger partial charge in [-0.25, -0.2) is 19.6 Å². The van der Waals surface area contributed by atoms with E-state index in [1.165, 1.54) is 4.88 Å². The summed E-state index contributed by atoms with van der Waals surface area (Å²) in [5.74, 6) is 2.45. The molecule has 49 heavy (non-hydrogen) atoms. The molecule has 4 N–H and O–H groups in total. The topological polar surface area (TPSA) is 178 Å². The molecule has 0 bridgehead atoms. The molecular weight excluding hydrogens is 637 g/mol. The SMILES string of the molecule is CCN(c1nc(-c2noc3c2CCC[C@@]32CCCc3sc(N)c(C#N)c32)nc2c1cnn2[C@@H](C)[C@@H]1CCCN1C)[C@@H](C)c1nccnc1N. The molecule has 3 aliphatic rings. The molecule has 0 aromatic carbocycles. The molecule has 1 spiro atoms. The average Bonchev–Trinajstić information content (AvgIpc) is 3.90. The molecule has 14 heteroatoms. The normalized spacial score (nSPS) is 21.8. The van der Waals surface area contributed by atoms with Crippen molar-refractivity contribution in [2.24, 2.45) is 0 Å². The average molecular weight is 679 g/mol. The van der Waals surface area contributed by atoms with Crippen LogP contribution in [-0.2, 0) is 18.3 Å². The third kappa shape index (κ3) is 4.80. The second-order valence-electron chi connectivity index (χ2n) is 13.8. The van der Waals surface area contributed by atoms with Crippen molar-refractivity contribution < 1.29 is 4.52 Å². The number of nitrogens with zero attached hydrogens (tertiary/aromatic N) is 10. The second kappa shape index (κ2) is 12.1. The van der Waals surface area contributed by atoms with Crippen molar-refractivity contribution in [3.63, 3.8) is 0 Å². The smallest absolute Gasteiger partial charge is 0.186 e. The van der Waals surface area contributed by atoms with E-state index in [-0.39, 0.29) is 12.1 Å². The van der Waals surface area contributed by atoms with Crippen LogP contribution in [0.15, 0.2) is 23.1 Å². The number of aromatic nitrogens is 7. The lowest BCUT2D eigenvalue weighted by molar-refractivity contribution is 0.232. The van der Waals surface area contributed by atoms with E-state index >= 15 is 0 Å². The van der Waals surface area contributed by atoms with Gasteiger partial charge in [0.2, 0.25) is 0 Å². The summed E-state index contributed by atoms with van der Waals surface area (Å²) in [6.07, 6.45) is 12.8. The summed E-state index contributed by atoms with van der Waals surface area (Å²) in [7, 11) is 2.19. The van der Waals surface area contributed by atoms with Crippen LogP contribution in [0.2, 0.25) is 0 Å². The van der Waals surface area contributed by atoms with Crippen LogP contribution in [0.1, 0.15) is 104 Å². The summed E-state index contributed by atoms with van der Waals surface area (Å²) in [6, 6.07) is 2.63. The maximum atomic E-state index is 10.2. The monoisotopic (exact) mass is 678 g/mol. The molecule has 0 saturated carbocycles. The van der Waals surface area contributed by atoms with Crippen LogP contribution in [0.5, 0.6) is 0 Å². The molecule has 1 fully saturated rings. The maximum absolute atomic E-state index is 10.2. The molecule has 4 atom stereocenters. The highest BCUT2D eigenvalue weighted by Crippen LogP contribution is 2.55. The van der Waals surface area contributed by atoms with Gasteiger partial charge in [-0.3, -0.25) is 4.98 Å². The number of nitrogen functional groups attached to an aromatic ring is 2. The summed E-state index contributed by atoms with van der Waals surface area (Å²) in [4.78, 5) is 25.2. The Balaban J connectivity index is 1.31. The molecule has 13 nitrogen and oxygen atoms in total. The van der Waals surface area contributed by atoms with E-state index < -0.39 is 5.41 Å². The summed E-state index contributed by atoms with van der Waals surface area (Å²) in [5.41, 5.74) is 17.0. The Labute approximate surface area is 289 Å². The van der Waals surface area contributed by atoms with Crippen LogP contribution in [0, 0.1) is 11.3 Å². The Morgan fingerprint density at radius 3 is 2.67 bits per heavy atom. The zero-order valence-corrected chi connectivity index (χ0v) is 29.3. The summed E-state index contributed by atoms with van der Waals surface area (Å²) in [5, 5.41) is 21.3. The van der Waals surface area contributed by atoms with Crippen molar-refractivity contribution in [3.05, 3.63) is 51.6 Å². The van der Waals surface area contributed by atoms with Crippen LogP contribution in [0.25, 0.3) is 22.6 Å². The Kier molecular flexibility index (Phi) is 7.79. The van der Waals surface area contributed by atoms with Gasteiger partial charge in [-0.2, -0.15) is 10.4 Å². The molecule has 0 amide bonds. The lowest BCUT2D eigenvalue weighted by atomic mass is 9.63. The van der Waals surface area contributed by atoms with Crippen molar-refractivity contribution in [2.75, 3.05) is 36.5 Å². The molecule has 1 aliphatic heterocycles. The first-order chi connectivity index (χ1) is 23.8. The van der Waals surface area contributed by atoms with Crippen LogP contribution >= 0.6 is 11.3 Å². The summed E-state index contributed by atoms with van der Waals surface area (Å²) < 4.78 is 8.43. The van der Waals surface area contributed by atoms with Crippen molar-refractivity contribution in [3.8, 4) is 17.6 Å². The first-order valence-corrected chi connectivity index (χ1v) is 18.2. The van der Waals surface area contributed by atoms with Gasteiger partial charge in [0.25, 0.3) is 0 Å². The van der Waals surface area contributed by atoms with Gasteiger partial charge in [-0.15, -0.1) is 11.3 Å². The molecule has 2 aliphatic carbocycles. The van der Waals surface area contributed by atoms with Crippen molar-refractivity contribution in [1.29, 1.82) is 5.26 Å². The maximum Gasteiger partial charge on any atom is 0.186 e. The minimum atomic E-state index is -0.435. The van der Waals surface area contributed by atoms with Crippen LogP contribution in [-0.4, -0.2) is 66.0 Å². The third-order valence-corrected chi connectivity index (χ3v) is 12.3. The number of likely N-dealkylation sites (N-methyl/N-ethyl adjacent to an activating group) is 1. The predicted molar refractivity (Wildman–Crippen MR) is 189 cm³/mol. The fourth-order valence-electron chi connectivity index (χ4n) is 8.90. The van der Waals surface area contributed by atoms with E-state index in [4.69, 9.17) is 36.2 Å². The highest BCUT2D eigenvalue weighted by molar-refractivity contribution is 7.16. The number of anilines is 3. The lowest BCUT2D eigenvalue weighted by Crippen LogP contribution is -2.35. The molecule has 0 unspecified atom stereocenters. The van der Waals surface area contributed by atoms with E-state index in [9.17, 15) is 5.26 Å². The Hall–Kier alpha value is -4.61. The Bertz CT molecular complexity index is 2090. The number of nitrogens with two attached hydrogens (primary N) is 2. The van der Waals surface area contributed by atoms with E-state index in [1.54, 1.807) is 23.7 Å². The number of fused-ring (bicyclic) bond motifs is 5. The molecule has 1 saturated heterocycles. The van der Waals surface area contributed by atoms with Gasteiger partial charge >= 0.3 is 0 Å². The first kappa shape index (κ1) is 31.6. The van der Waals surface area contributed by atoms with Crippen molar-refractivity contribution in [2.45, 2.75) is 95.7 Å². The minimum Gasteiger partial charge on any atom is -0.389 e. The standard InChI is InChI=1S/C35H42N12OS/c1-5-46(20(3)27-30(37)40-15-14-39-27)33-23-18-41-47(19(2)24-10-8-16-45(24)4)34(23)43-32(42-33)28-21-9-6-12-35(29(21)48-44-28)13-7-11-25-26(35)22(17-36)31(38)49-25/h14-15,18-20,24H,5-13,16,38H2,1-4H3,(H2,37,40)/t19-,20-,24-,35-/m0/s1. The zero-order chi connectivity index (χ0) is 34.0.